The summed E-state index contributed by atoms with van der Waals surface area (Å²) in [4.78, 5) is 0. The van der Waals surface area contributed by atoms with Crippen molar-refractivity contribution in [2.45, 2.75) is 45.8 Å². The standard InChI is InChI=1S/C16H22O2/c1-11(2)12-8-13(10-17-5)14-6-7-16(3,4)18-15(14)9-12/h6-9,11H,10H2,1-5H3. The summed E-state index contributed by atoms with van der Waals surface area (Å²) in [5.74, 6) is 1.46. The lowest BCUT2D eigenvalue weighted by Gasteiger charge is -2.29. The van der Waals surface area contributed by atoms with Gasteiger partial charge >= 0.3 is 0 Å². The van der Waals surface area contributed by atoms with Crippen molar-refractivity contribution in [3.05, 3.63) is 34.9 Å². The molecule has 2 nitrogen and oxygen atoms in total. The molecule has 18 heavy (non-hydrogen) atoms. The molecule has 0 aromatic heterocycles. The molecule has 1 aliphatic rings. The van der Waals surface area contributed by atoms with Gasteiger partial charge in [-0.05, 0) is 43.0 Å². The first-order chi connectivity index (χ1) is 8.43. The van der Waals surface area contributed by atoms with Crippen LogP contribution in [0, 0.1) is 0 Å². The lowest BCUT2D eigenvalue weighted by Crippen LogP contribution is -2.28. The SMILES string of the molecule is COCc1cc(C(C)C)cc2c1C=CC(C)(C)O2. The number of rotatable bonds is 3. The zero-order valence-corrected chi connectivity index (χ0v) is 11.9. The van der Waals surface area contributed by atoms with Crippen LogP contribution < -0.4 is 4.74 Å². The molecule has 2 heteroatoms. The fourth-order valence-electron chi connectivity index (χ4n) is 2.19. The second-order valence-electron chi connectivity index (χ2n) is 5.72. The molecule has 0 N–H and O–H groups in total. The lowest BCUT2D eigenvalue weighted by molar-refractivity contribution is 0.156. The summed E-state index contributed by atoms with van der Waals surface area (Å²) in [7, 11) is 1.73. The van der Waals surface area contributed by atoms with E-state index in [9.17, 15) is 0 Å². The molecule has 0 saturated heterocycles. The van der Waals surface area contributed by atoms with E-state index < -0.39 is 0 Å². The molecule has 0 bridgehead atoms. The van der Waals surface area contributed by atoms with Crippen molar-refractivity contribution in [1.82, 2.24) is 0 Å². The molecule has 1 aromatic rings. The topological polar surface area (TPSA) is 18.5 Å². The molecule has 0 amide bonds. The van der Waals surface area contributed by atoms with E-state index in [0.717, 1.165) is 11.3 Å². The van der Waals surface area contributed by atoms with Crippen molar-refractivity contribution in [3.8, 4) is 5.75 Å². The Labute approximate surface area is 110 Å². The van der Waals surface area contributed by atoms with Gasteiger partial charge in [0.25, 0.3) is 0 Å². The molecule has 2 rings (SSSR count). The number of ether oxygens (including phenoxy) is 2. The Bertz CT molecular complexity index is 470. The van der Waals surface area contributed by atoms with Crippen LogP contribution in [0.15, 0.2) is 18.2 Å². The summed E-state index contributed by atoms with van der Waals surface area (Å²) in [6, 6.07) is 4.38. The summed E-state index contributed by atoms with van der Waals surface area (Å²) in [6.07, 6.45) is 4.25. The molecule has 0 fully saturated rings. The highest BCUT2D eigenvalue weighted by atomic mass is 16.5. The van der Waals surface area contributed by atoms with Gasteiger partial charge in [-0.1, -0.05) is 26.0 Å². The van der Waals surface area contributed by atoms with Crippen molar-refractivity contribution in [2.75, 3.05) is 7.11 Å². The van der Waals surface area contributed by atoms with E-state index in [4.69, 9.17) is 9.47 Å². The Balaban J connectivity index is 2.51. The molecule has 0 unspecified atom stereocenters. The maximum Gasteiger partial charge on any atom is 0.128 e. The smallest absolute Gasteiger partial charge is 0.128 e. The Morgan fingerprint density at radius 3 is 2.61 bits per heavy atom. The fraction of sp³-hybridized carbons (Fsp3) is 0.500. The third-order valence-corrected chi connectivity index (χ3v) is 3.24. The predicted octanol–water partition coefficient (Wildman–Crippen LogP) is 4.14. The van der Waals surface area contributed by atoms with Crippen molar-refractivity contribution < 1.29 is 9.47 Å². The van der Waals surface area contributed by atoms with E-state index in [2.05, 4.69) is 52.0 Å². The minimum Gasteiger partial charge on any atom is -0.483 e. The molecule has 0 radical (unpaired) electrons. The van der Waals surface area contributed by atoms with E-state index in [1.54, 1.807) is 7.11 Å². The Morgan fingerprint density at radius 2 is 2.00 bits per heavy atom. The quantitative estimate of drug-likeness (QED) is 0.798. The van der Waals surface area contributed by atoms with Gasteiger partial charge in [-0.3, -0.25) is 0 Å². The molecule has 1 heterocycles. The highest BCUT2D eigenvalue weighted by Gasteiger charge is 2.24. The van der Waals surface area contributed by atoms with Crippen LogP contribution in [-0.4, -0.2) is 12.7 Å². The van der Waals surface area contributed by atoms with Gasteiger partial charge < -0.3 is 9.47 Å². The first-order valence-electron chi connectivity index (χ1n) is 6.47. The van der Waals surface area contributed by atoms with Gasteiger partial charge in [0.15, 0.2) is 0 Å². The number of benzene rings is 1. The molecule has 0 aliphatic carbocycles. The second kappa shape index (κ2) is 4.77. The van der Waals surface area contributed by atoms with E-state index in [1.807, 2.05) is 0 Å². The van der Waals surface area contributed by atoms with Gasteiger partial charge in [0.1, 0.15) is 11.4 Å². The van der Waals surface area contributed by atoms with E-state index in [-0.39, 0.29) is 5.60 Å². The summed E-state index contributed by atoms with van der Waals surface area (Å²) in [6.45, 7) is 9.16. The van der Waals surface area contributed by atoms with Gasteiger partial charge in [0.05, 0.1) is 6.61 Å². The lowest BCUT2D eigenvalue weighted by atomic mass is 9.93. The highest BCUT2D eigenvalue weighted by molar-refractivity contribution is 5.65. The van der Waals surface area contributed by atoms with Crippen LogP contribution in [0.5, 0.6) is 5.75 Å². The van der Waals surface area contributed by atoms with E-state index in [0.29, 0.717) is 12.5 Å². The van der Waals surface area contributed by atoms with Crippen LogP contribution >= 0.6 is 0 Å². The predicted molar refractivity (Wildman–Crippen MR) is 75.0 cm³/mol. The average Bonchev–Trinajstić information content (AvgIpc) is 2.27. The largest absolute Gasteiger partial charge is 0.483 e. The number of hydrogen-bond donors (Lipinski definition) is 0. The molecule has 1 aliphatic heterocycles. The van der Waals surface area contributed by atoms with Gasteiger partial charge in [-0.2, -0.15) is 0 Å². The minimum absolute atomic E-state index is 0.229. The van der Waals surface area contributed by atoms with E-state index >= 15 is 0 Å². The van der Waals surface area contributed by atoms with Gasteiger partial charge in [-0.15, -0.1) is 0 Å². The molecule has 0 atom stereocenters. The van der Waals surface area contributed by atoms with Crippen molar-refractivity contribution >= 4 is 6.08 Å². The number of fused-ring (bicyclic) bond motifs is 1. The average molecular weight is 246 g/mol. The van der Waals surface area contributed by atoms with Crippen LogP contribution in [0.3, 0.4) is 0 Å². The summed E-state index contributed by atoms with van der Waals surface area (Å²) < 4.78 is 11.3. The van der Waals surface area contributed by atoms with Crippen molar-refractivity contribution in [2.24, 2.45) is 0 Å². The van der Waals surface area contributed by atoms with Crippen molar-refractivity contribution in [3.63, 3.8) is 0 Å². The van der Waals surface area contributed by atoms with Crippen molar-refractivity contribution in [1.29, 1.82) is 0 Å². The maximum atomic E-state index is 6.05. The molecule has 0 spiro atoms. The normalized spacial score (nSPS) is 16.6. The Kier molecular flexibility index (Phi) is 3.49. The summed E-state index contributed by atoms with van der Waals surface area (Å²) >= 11 is 0. The maximum absolute atomic E-state index is 6.05. The fourth-order valence-corrected chi connectivity index (χ4v) is 2.19. The zero-order chi connectivity index (χ0) is 13.3. The Hall–Kier alpha value is -1.28. The molecule has 98 valence electrons. The van der Waals surface area contributed by atoms with Gasteiger partial charge in [-0.25, -0.2) is 0 Å². The first kappa shape index (κ1) is 13.2. The van der Waals surface area contributed by atoms with Crippen LogP contribution in [0.1, 0.15) is 50.3 Å². The van der Waals surface area contributed by atoms with E-state index in [1.165, 1.54) is 11.1 Å². The molecular weight excluding hydrogens is 224 g/mol. The van der Waals surface area contributed by atoms with Crippen LogP contribution in [0.4, 0.5) is 0 Å². The van der Waals surface area contributed by atoms with Crippen LogP contribution in [0.25, 0.3) is 6.08 Å². The first-order valence-corrected chi connectivity index (χ1v) is 6.47. The van der Waals surface area contributed by atoms with Gasteiger partial charge in [0, 0.05) is 12.7 Å². The third kappa shape index (κ3) is 2.59. The minimum atomic E-state index is -0.229. The van der Waals surface area contributed by atoms with Crippen LogP contribution in [-0.2, 0) is 11.3 Å². The van der Waals surface area contributed by atoms with Gasteiger partial charge in [0.2, 0.25) is 0 Å². The number of hydrogen-bond acceptors (Lipinski definition) is 2. The van der Waals surface area contributed by atoms with Crippen LogP contribution in [0.2, 0.25) is 0 Å². The molecule has 1 aromatic carbocycles. The monoisotopic (exact) mass is 246 g/mol. The molecular formula is C16H22O2. The highest BCUT2D eigenvalue weighted by Crippen LogP contribution is 2.36. The number of methoxy groups -OCH3 is 1. The second-order valence-corrected chi connectivity index (χ2v) is 5.72. The molecule has 0 saturated carbocycles. The zero-order valence-electron chi connectivity index (χ0n) is 11.9. The third-order valence-electron chi connectivity index (χ3n) is 3.24. The Morgan fingerprint density at radius 1 is 1.28 bits per heavy atom. The summed E-state index contributed by atoms with van der Waals surface area (Å²) in [5, 5.41) is 0. The summed E-state index contributed by atoms with van der Waals surface area (Å²) in [5.41, 5.74) is 3.42.